The molecular weight excluding hydrogens is 246 g/mol. The first-order valence-electron chi connectivity index (χ1n) is 5.50. The molecule has 0 saturated carbocycles. The van der Waals surface area contributed by atoms with E-state index in [0.29, 0.717) is 12.4 Å². The number of carbonyl (C=O) groups excluding carboxylic acids is 1. The molecule has 16 heavy (non-hydrogen) atoms. The Morgan fingerprint density at radius 2 is 2.12 bits per heavy atom. The molecule has 0 aromatic rings. The number of thiol groups is 1. The Kier molecular flexibility index (Phi) is 4.41. The van der Waals surface area contributed by atoms with Crippen molar-refractivity contribution in [2.24, 2.45) is 5.92 Å². The average molecular weight is 266 g/mol. The second-order valence-electron chi connectivity index (χ2n) is 5.26. The number of carbonyl (C=O) groups is 1. The summed E-state index contributed by atoms with van der Waals surface area (Å²) >= 11 is 10.3. The van der Waals surface area contributed by atoms with E-state index in [1.165, 1.54) is 0 Å². The summed E-state index contributed by atoms with van der Waals surface area (Å²) in [6.45, 7) is 8.19. The number of nitrogens with zero attached hydrogens (tertiary/aromatic N) is 1. The van der Waals surface area contributed by atoms with Gasteiger partial charge in [0.25, 0.3) is 0 Å². The zero-order valence-electron chi connectivity index (χ0n) is 10.2. The first-order chi connectivity index (χ1) is 7.26. The van der Waals surface area contributed by atoms with E-state index in [1.807, 2.05) is 27.7 Å². The number of hydrogen-bond acceptors (Lipinski definition) is 3. The quantitative estimate of drug-likeness (QED) is 0.584. The highest BCUT2D eigenvalue weighted by Crippen LogP contribution is 2.30. The van der Waals surface area contributed by atoms with Gasteiger partial charge in [-0.25, -0.2) is 4.79 Å². The molecular formula is C11H20ClNO2S. The normalized spacial score (nSPS) is 30.6. The fourth-order valence-electron chi connectivity index (χ4n) is 1.85. The number of hydrogen-bond donors (Lipinski definition) is 1. The van der Waals surface area contributed by atoms with E-state index in [2.05, 4.69) is 12.6 Å². The molecule has 0 N–H and O–H groups in total. The summed E-state index contributed by atoms with van der Waals surface area (Å²) in [6, 6.07) is 0.0925. The highest BCUT2D eigenvalue weighted by molar-refractivity contribution is 7.81. The molecule has 0 aliphatic carbocycles. The summed E-state index contributed by atoms with van der Waals surface area (Å²) in [6.07, 6.45) is -0.272. The Morgan fingerprint density at radius 3 is 2.50 bits per heavy atom. The van der Waals surface area contributed by atoms with E-state index >= 15 is 0 Å². The van der Waals surface area contributed by atoms with Gasteiger partial charge in [-0.15, -0.1) is 11.6 Å². The van der Waals surface area contributed by atoms with Gasteiger partial charge in [-0.2, -0.15) is 12.6 Å². The Morgan fingerprint density at radius 1 is 1.56 bits per heavy atom. The first kappa shape index (κ1) is 14.0. The molecule has 0 spiro atoms. The lowest BCUT2D eigenvalue weighted by Gasteiger charge is -2.28. The van der Waals surface area contributed by atoms with Crippen molar-refractivity contribution in [1.82, 2.24) is 4.90 Å². The minimum atomic E-state index is -0.456. The lowest BCUT2D eigenvalue weighted by Crippen LogP contribution is -2.40. The van der Waals surface area contributed by atoms with Crippen LogP contribution < -0.4 is 0 Å². The van der Waals surface area contributed by atoms with Gasteiger partial charge in [0.1, 0.15) is 5.60 Å². The summed E-state index contributed by atoms with van der Waals surface area (Å²) in [5.41, 5.74) is -0.456. The lowest BCUT2D eigenvalue weighted by molar-refractivity contribution is 0.0226. The maximum absolute atomic E-state index is 11.9. The Labute approximate surface area is 108 Å². The molecule has 5 heteroatoms. The number of ether oxygens (including phenoxy) is 1. The maximum Gasteiger partial charge on any atom is 0.410 e. The molecule has 1 amide bonds. The van der Waals surface area contributed by atoms with Gasteiger partial charge in [-0.1, -0.05) is 0 Å². The van der Waals surface area contributed by atoms with E-state index < -0.39 is 5.60 Å². The Hall–Kier alpha value is -0.0900. The zero-order valence-corrected chi connectivity index (χ0v) is 11.9. The largest absolute Gasteiger partial charge is 0.444 e. The Balaban J connectivity index is 2.65. The van der Waals surface area contributed by atoms with Gasteiger partial charge in [-0.3, -0.25) is 0 Å². The fourth-order valence-corrected chi connectivity index (χ4v) is 2.98. The van der Waals surface area contributed by atoms with Crippen molar-refractivity contribution in [1.29, 1.82) is 0 Å². The summed E-state index contributed by atoms with van der Waals surface area (Å²) < 4.78 is 5.34. The van der Waals surface area contributed by atoms with Gasteiger partial charge in [0, 0.05) is 29.6 Å². The molecule has 1 heterocycles. The monoisotopic (exact) mass is 265 g/mol. The fraction of sp³-hybridized carbons (Fsp3) is 0.909. The van der Waals surface area contributed by atoms with Crippen LogP contribution in [0, 0.1) is 5.92 Å². The number of likely N-dealkylation sites (tertiary alicyclic amines) is 1. The molecule has 3 atom stereocenters. The zero-order chi connectivity index (χ0) is 12.5. The van der Waals surface area contributed by atoms with Crippen molar-refractivity contribution in [3.05, 3.63) is 0 Å². The van der Waals surface area contributed by atoms with E-state index in [1.54, 1.807) is 4.90 Å². The van der Waals surface area contributed by atoms with Crippen LogP contribution in [0.1, 0.15) is 27.7 Å². The van der Waals surface area contributed by atoms with Crippen molar-refractivity contribution >= 4 is 30.3 Å². The van der Waals surface area contributed by atoms with Crippen molar-refractivity contribution in [3.8, 4) is 0 Å². The van der Waals surface area contributed by atoms with E-state index in [4.69, 9.17) is 16.3 Å². The van der Waals surface area contributed by atoms with Crippen molar-refractivity contribution < 1.29 is 9.53 Å². The maximum atomic E-state index is 11.9. The predicted molar refractivity (Wildman–Crippen MR) is 69.4 cm³/mol. The molecule has 1 aliphatic heterocycles. The van der Waals surface area contributed by atoms with E-state index in [9.17, 15) is 4.79 Å². The van der Waals surface area contributed by atoms with Crippen LogP contribution in [0.5, 0.6) is 0 Å². The molecule has 1 saturated heterocycles. The van der Waals surface area contributed by atoms with Gasteiger partial charge in [0.2, 0.25) is 0 Å². The second-order valence-corrected chi connectivity index (χ2v) is 6.23. The van der Waals surface area contributed by atoms with Gasteiger partial charge in [0.15, 0.2) is 0 Å². The van der Waals surface area contributed by atoms with Crippen LogP contribution in [0.15, 0.2) is 0 Å². The van der Waals surface area contributed by atoms with Crippen LogP contribution in [-0.2, 0) is 4.74 Å². The van der Waals surface area contributed by atoms with Gasteiger partial charge < -0.3 is 9.64 Å². The number of halogens is 1. The predicted octanol–water partition coefficient (Wildman–Crippen LogP) is 2.78. The number of alkyl halides is 1. The minimum Gasteiger partial charge on any atom is -0.444 e. The second kappa shape index (κ2) is 5.05. The minimum absolute atomic E-state index is 0.0925. The SMILES string of the molecule is CC1C(CCl)C(S)CN1C(=O)OC(C)(C)C. The molecule has 1 aliphatic rings. The van der Waals surface area contributed by atoms with Gasteiger partial charge >= 0.3 is 6.09 Å². The van der Waals surface area contributed by atoms with Crippen LogP contribution in [-0.4, -0.2) is 40.3 Å². The van der Waals surface area contributed by atoms with Crippen LogP contribution in [0.4, 0.5) is 4.79 Å². The molecule has 1 rings (SSSR count). The van der Waals surface area contributed by atoms with Crippen LogP contribution in [0.25, 0.3) is 0 Å². The molecule has 0 radical (unpaired) electrons. The lowest BCUT2D eigenvalue weighted by atomic mass is 10.0. The average Bonchev–Trinajstić information content (AvgIpc) is 2.38. The highest BCUT2D eigenvalue weighted by Gasteiger charge is 2.40. The number of rotatable bonds is 1. The molecule has 0 aromatic carbocycles. The molecule has 3 nitrogen and oxygen atoms in total. The highest BCUT2D eigenvalue weighted by atomic mass is 35.5. The third kappa shape index (κ3) is 3.20. The molecule has 0 bridgehead atoms. The molecule has 3 unspecified atom stereocenters. The topological polar surface area (TPSA) is 29.5 Å². The van der Waals surface area contributed by atoms with Crippen molar-refractivity contribution in [2.75, 3.05) is 12.4 Å². The van der Waals surface area contributed by atoms with Crippen LogP contribution in [0.2, 0.25) is 0 Å². The summed E-state index contributed by atoms with van der Waals surface area (Å²) in [4.78, 5) is 13.6. The number of amides is 1. The van der Waals surface area contributed by atoms with Gasteiger partial charge in [-0.05, 0) is 27.7 Å². The summed E-state index contributed by atoms with van der Waals surface area (Å²) in [5, 5.41) is 0.139. The van der Waals surface area contributed by atoms with Gasteiger partial charge in [0.05, 0.1) is 0 Å². The third-order valence-corrected chi connectivity index (χ3v) is 3.70. The molecule has 94 valence electrons. The van der Waals surface area contributed by atoms with Crippen molar-refractivity contribution in [2.45, 2.75) is 44.6 Å². The Bertz CT molecular complexity index is 267. The van der Waals surface area contributed by atoms with E-state index in [0.717, 1.165) is 0 Å². The van der Waals surface area contributed by atoms with Crippen molar-refractivity contribution in [3.63, 3.8) is 0 Å². The standard InChI is InChI=1S/C11H20ClNO2S/c1-7-8(5-12)9(16)6-13(7)10(14)15-11(2,3)4/h7-9,16H,5-6H2,1-4H3. The van der Waals surface area contributed by atoms with Crippen LogP contribution >= 0.6 is 24.2 Å². The summed E-state index contributed by atoms with van der Waals surface area (Å²) in [7, 11) is 0. The third-order valence-electron chi connectivity index (χ3n) is 2.80. The molecule has 0 aromatic heterocycles. The smallest absolute Gasteiger partial charge is 0.410 e. The summed E-state index contributed by atoms with van der Waals surface area (Å²) in [5.74, 6) is 0.756. The molecule has 1 fully saturated rings. The van der Waals surface area contributed by atoms with E-state index in [-0.39, 0.29) is 23.3 Å². The van der Waals surface area contributed by atoms with Crippen LogP contribution in [0.3, 0.4) is 0 Å². The first-order valence-corrected chi connectivity index (χ1v) is 6.55.